The van der Waals surface area contributed by atoms with Crippen molar-refractivity contribution in [2.45, 2.75) is 63.3 Å². The number of rotatable bonds is 2. The molecule has 2 heterocycles. The van der Waals surface area contributed by atoms with Crippen molar-refractivity contribution in [2.75, 3.05) is 13.1 Å². The van der Waals surface area contributed by atoms with Gasteiger partial charge in [-0.3, -0.25) is 4.79 Å². The molecule has 4 nitrogen and oxygen atoms in total. The van der Waals surface area contributed by atoms with Gasteiger partial charge in [-0.05, 0) is 68.0 Å². The molecule has 6 rings (SSSR count). The highest BCUT2D eigenvalue weighted by atomic mass is 16.1. The molecule has 3 aromatic rings. The van der Waals surface area contributed by atoms with Crippen molar-refractivity contribution in [3.8, 4) is 6.07 Å². The van der Waals surface area contributed by atoms with Crippen molar-refractivity contribution in [2.24, 2.45) is 0 Å². The molecular weight excluding hydrogens is 394 g/mol. The van der Waals surface area contributed by atoms with Gasteiger partial charge in [-0.2, -0.15) is 5.26 Å². The van der Waals surface area contributed by atoms with Gasteiger partial charge < -0.3 is 9.88 Å². The zero-order chi connectivity index (χ0) is 22.0. The van der Waals surface area contributed by atoms with Crippen LogP contribution in [-0.4, -0.2) is 34.8 Å². The monoisotopic (exact) mass is 423 g/mol. The number of benzene rings is 2. The summed E-state index contributed by atoms with van der Waals surface area (Å²) < 4.78 is 0. The minimum Gasteiger partial charge on any atom is -0.357 e. The van der Waals surface area contributed by atoms with Gasteiger partial charge in [0.25, 0.3) is 0 Å². The van der Waals surface area contributed by atoms with E-state index in [2.05, 4.69) is 48.0 Å². The van der Waals surface area contributed by atoms with E-state index in [4.69, 9.17) is 0 Å². The summed E-state index contributed by atoms with van der Waals surface area (Å²) in [6, 6.07) is 15.2. The summed E-state index contributed by atoms with van der Waals surface area (Å²) in [7, 11) is 0. The number of carbonyl (C=O) groups is 1. The maximum Gasteiger partial charge on any atom is 0.195 e. The molecule has 3 aliphatic rings. The highest BCUT2D eigenvalue weighted by Gasteiger charge is 2.40. The number of likely N-dealkylation sites (tertiary alicyclic amines) is 1. The molecule has 2 aliphatic carbocycles. The minimum absolute atomic E-state index is 0.0941. The third kappa shape index (κ3) is 2.81. The Morgan fingerprint density at radius 1 is 1.06 bits per heavy atom. The molecule has 2 aromatic carbocycles. The molecule has 32 heavy (non-hydrogen) atoms. The molecule has 1 aliphatic heterocycles. The number of nitriles is 1. The van der Waals surface area contributed by atoms with Crippen molar-refractivity contribution in [3.05, 3.63) is 69.9 Å². The number of H-pyrrole nitrogens is 1. The molecule has 1 aromatic heterocycles. The molecule has 0 unspecified atom stereocenters. The first kappa shape index (κ1) is 19.8. The SMILES string of the molecule is CC1(C)c2cc(C3CCN(C4CCC4)CC3)ccc2C(=O)c2c1[nH]c1cc(C#N)ccc21. The average Bonchev–Trinajstić information content (AvgIpc) is 3.17. The molecule has 1 saturated carbocycles. The van der Waals surface area contributed by atoms with Gasteiger partial charge >= 0.3 is 0 Å². The van der Waals surface area contributed by atoms with E-state index in [9.17, 15) is 10.1 Å². The minimum atomic E-state index is -0.299. The number of hydrogen-bond donors (Lipinski definition) is 1. The van der Waals surface area contributed by atoms with Gasteiger partial charge in [-0.1, -0.05) is 44.5 Å². The summed E-state index contributed by atoms with van der Waals surface area (Å²) >= 11 is 0. The fraction of sp³-hybridized carbons (Fsp3) is 0.429. The molecule has 0 atom stereocenters. The van der Waals surface area contributed by atoms with Crippen LogP contribution in [0.25, 0.3) is 10.9 Å². The van der Waals surface area contributed by atoms with Gasteiger partial charge in [0.15, 0.2) is 5.78 Å². The van der Waals surface area contributed by atoms with Gasteiger partial charge in [0.05, 0.1) is 17.2 Å². The van der Waals surface area contributed by atoms with Crippen molar-refractivity contribution in [1.29, 1.82) is 5.26 Å². The first-order valence-corrected chi connectivity index (χ1v) is 12.0. The largest absolute Gasteiger partial charge is 0.357 e. The van der Waals surface area contributed by atoms with E-state index in [0.717, 1.165) is 39.3 Å². The number of carbonyl (C=O) groups excluding carboxylic acids is 1. The first-order valence-electron chi connectivity index (χ1n) is 12.0. The Hall–Kier alpha value is -2.90. The lowest BCUT2D eigenvalue weighted by molar-refractivity contribution is 0.0974. The van der Waals surface area contributed by atoms with Crippen LogP contribution in [0.4, 0.5) is 0 Å². The van der Waals surface area contributed by atoms with E-state index in [1.54, 1.807) is 6.07 Å². The highest BCUT2D eigenvalue weighted by molar-refractivity contribution is 6.20. The third-order valence-electron chi connectivity index (χ3n) is 8.33. The summed E-state index contributed by atoms with van der Waals surface area (Å²) in [5.74, 6) is 0.668. The Labute approximate surface area is 189 Å². The fourth-order valence-electron chi connectivity index (χ4n) is 6.12. The van der Waals surface area contributed by atoms with Gasteiger partial charge in [0.1, 0.15) is 0 Å². The number of piperidine rings is 1. The maximum absolute atomic E-state index is 13.6. The number of aromatic nitrogens is 1. The van der Waals surface area contributed by atoms with Crippen LogP contribution >= 0.6 is 0 Å². The lowest BCUT2D eigenvalue weighted by Gasteiger charge is -2.42. The molecule has 162 valence electrons. The van der Waals surface area contributed by atoms with Crippen molar-refractivity contribution >= 4 is 16.7 Å². The van der Waals surface area contributed by atoms with E-state index in [1.165, 1.54) is 50.8 Å². The van der Waals surface area contributed by atoms with E-state index in [0.29, 0.717) is 11.5 Å². The predicted octanol–water partition coefficient (Wildman–Crippen LogP) is 5.64. The quantitative estimate of drug-likeness (QED) is 0.580. The smallest absolute Gasteiger partial charge is 0.195 e. The van der Waals surface area contributed by atoms with Crippen LogP contribution in [-0.2, 0) is 5.41 Å². The average molecular weight is 424 g/mol. The summed E-state index contributed by atoms with van der Waals surface area (Å²) in [6.07, 6.45) is 6.56. The van der Waals surface area contributed by atoms with Crippen LogP contribution in [0.5, 0.6) is 0 Å². The second-order valence-electron chi connectivity index (χ2n) is 10.4. The lowest BCUT2D eigenvalue weighted by Crippen LogP contribution is -2.44. The predicted molar refractivity (Wildman–Crippen MR) is 126 cm³/mol. The zero-order valence-corrected chi connectivity index (χ0v) is 18.9. The normalized spacial score (nSPS) is 21.1. The number of nitrogens with one attached hydrogen (secondary N) is 1. The Morgan fingerprint density at radius 2 is 1.84 bits per heavy atom. The Morgan fingerprint density at radius 3 is 2.53 bits per heavy atom. The van der Waals surface area contributed by atoms with Gasteiger partial charge in [-0.15, -0.1) is 0 Å². The molecule has 1 N–H and O–H groups in total. The number of aromatic amines is 1. The number of ketones is 1. The first-order chi connectivity index (χ1) is 15.5. The van der Waals surface area contributed by atoms with Crippen LogP contribution < -0.4 is 0 Å². The van der Waals surface area contributed by atoms with Crippen LogP contribution in [0.3, 0.4) is 0 Å². The van der Waals surface area contributed by atoms with Crippen LogP contribution in [0, 0.1) is 11.3 Å². The highest BCUT2D eigenvalue weighted by Crippen LogP contribution is 2.45. The fourth-order valence-corrected chi connectivity index (χ4v) is 6.12. The zero-order valence-electron chi connectivity index (χ0n) is 18.9. The molecule has 0 radical (unpaired) electrons. The standard InChI is InChI=1S/C28H29N3O/c1-28(2)23-15-19(18-10-12-31(13-11-18)20-4-3-5-20)7-9-21(23)26(32)25-22-8-6-17(16-29)14-24(22)30-27(25)28/h6-9,14-15,18,20,30H,3-5,10-13H2,1-2H3. The summed E-state index contributed by atoms with van der Waals surface area (Å²) in [4.78, 5) is 19.8. The van der Waals surface area contributed by atoms with Crippen molar-refractivity contribution < 1.29 is 4.79 Å². The second-order valence-corrected chi connectivity index (χ2v) is 10.4. The second kappa shape index (κ2) is 7.05. The number of nitrogens with zero attached hydrogens (tertiary/aromatic N) is 2. The van der Waals surface area contributed by atoms with E-state index in [1.807, 2.05) is 12.1 Å². The molecule has 1 saturated heterocycles. The van der Waals surface area contributed by atoms with E-state index in [-0.39, 0.29) is 11.2 Å². The maximum atomic E-state index is 13.6. The van der Waals surface area contributed by atoms with E-state index < -0.39 is 0 Å². The molecule has 4 heteroatoms. The topological polar surface area (TPSA) is 59.9 Å². The molecular formula is C28H29N3O. The van der Waals surface area contributed by atoms with Gasteiger partial charge in [0.2, 0.25) is 0 Å². The number of hydrogen-bond acceptors (Lipinski definition) is 3. The van der Waals surface area contributed by atoms with E-state index >= 15 is 0 Å². The number of fused-ring (bicyclic) bond motifs is 4. The van der Waals surface area contributed by atoms with Crippen LogP contribution in [0.1, 0.15) is 90.2 Å². The van der Waals surface area contributed by atoms with Crippen molar-refractivity contribution in [3.63, 3.8) is 0 Å². The van der Waals surface area contributed by atoms with Gasteiger partial charge in [0, 0.05) is 33.6 Å². The molecule has 2 fully saturated rings. The molecule has 0 spiro atoms. The third-order valence-corrected chi connectivity index (χ3v) is 8.33. The van der Waals surface area contributed by atoms with Crippen LogP contribution in [0.2, 0.25) is 0 Å². The molecule has 0 bridgehead atoms. The van der Waals surface area contributed by atoms with Gasteiger partial charge in [-0.25, -0.2) is 0 Å². The summed E-state index contributed by atoms with van der Waals surface area (Å²) in [5.41, 5.74) is 6.24. The summed E-state index contributed by atoms with van der Waals surface area (Å²) in [5, 5.41) is 10.2. The Kier molecular flexibility index (Phi) is 4.35. The Balaban J connectivity index is 1.37. The van der Waals surface area contributed by atoms with Crippen molar-refractivity contribution in [1.82, 2.24) is 9.88 Å². The van der Waals surface area contributed by atoms with Crippen LogP contribution in [0.15, 0.2) is 36.4 Å². The summed E-state index contributed by atoms with van der Waals surface area (Å²) in [6.45, 7) is 6.81. The Bertz CT molecular complexity index is 1280. The molecule has 0 amide bonds. The lowest BCUT2D eigenvalue weighted by atomic mass is 9.70.